The molecule has 2 heterocycles. The van der Waals surface area contributed by atoms with Crippen molar-refractivity contribution in [3.8, 4) is 0 Å². The van der Waals surface area contributed by atoms with Crippen LogP contribution in [0, 0.1) is 0 Å². The SMILES string of the molecule is CCCN1CCOC2(CCNCC2)C1. The quantitative estimate of drug-likeness (QED) is 0.712. The van der Waals surface area contributed by atoms with Crippen molar-refractivity contribution in [2.24, 2.45) is 0 Å². The van der Waals surface area contributed by atoms with Crippen LogP contribution in [-0.4, -0.2) is 49.8 Å². The van der Waals surface area contributed by atoms with Gasteiger partial charge in [0.15, 0.2) is 0 Å². The molecule has 3 nitrogen and oxygen atoms in total. The van der Waals surface area contributed by atoms with E-state index in [2.05, 4.69) is 17.1 Å². The van der Waals surface area contributed by atoms with Crippen LogP contribution in [0.15, 0.2) is 0 Å². The number of hydrogen-bond acceptors (Lipinski definition) is 3. The van der Waals surface area contributed by atoms with Crippen LogP contribution in [0.25, 0.3) is 0 Å². The van der Waals surface area contributed by atoms with E-state index in [-0.39, 0.29) is 5.60 Å². The summed E-state index contributed by atoms with van der Waals surface area (Å²) >= 11 is 0. The smallest absolute Gasteiger partial charge is 0.0833 e. The maximum Gasteiger partial charge on any atom is 0.0833 e. The minimum Gasteiger partial charge on any atom is -0.372 e. The van der Waals surface area contributed by atoms with Crippen LogP contribution >= 0.6 is 0 Å². The molecule has 2 aliphatic heterocycles. The molecule has 0 aliphatic carbocycles. The van der Waals surface area contributed by atoms with Crippen LogP contribution in [0.2, 0.25) is 0 Å². The molecule has 0 unspecified atom stereocenters. The molecular weight excluding hydrogens is 176 g/mol. The lowest BCUT2D eigenvalue weighted by Crippen LogP contribution is -2.56. The molecule has 14 heavy (non-hydrogen) atoms. The van der Waals surface area contributed by atoms with Gasteiger partial charge in [-0.05, 0) is 38.9 Å². The van der Waals surface area contributed by atoms with E-state index in [9.17, 15) is 0 Å². The van der Waals surface area contributed by atoms with Crippen molar-refractivity contribution < 1.29 is 4.74 Å². The van der Waals surface area contributed by atoms with Crippen molar-refractivity contribution in [3.05, 3.63) is 0 Å². The molecule has 1 spiro atoms. The van der Waals surface area contributed by atoms with Gasteiger partial charge in [-0.15, -0.1) is 0 Å². The van der Waals surface area contributed by atoms with Crippen molar-refractivity contribution in [1.29, 1.82) is 0 Å². The van der Waals surface area contributed by atoms with Crippen LogP contribution < -0.4 is 5.32 Å². The number of ether oxygens (including phenoxy) is 1. The van der Waals surface area contributed by atoms with Gasteiger partial charge in [0, 0.05) is 13.1 Å². The predicted molar refractivity (Wildman–Crippen MR) is 57.5 cm³/mol. The number of piperidine rings is 1. The summed E-state index contributed by atoms with van der Waals surface area (Å²) in [5.41, 5.74) is 0.193. The van der Waals surface area contributed by atoms with Gasteiger partial charge in [0.05, 0.1) is 12.2 Å². The fourth-order valence-electron chi connectivity index (χ4n) is 2.62. The Bertz CT molecular complexity index is 171. The van der Waals surface area contributed by atoms with E-state index in [1.165, 1.54) is 25.8 Å². The number of hydrogen-bond donors (Lipinski definition) is 1. The van der Waals surface area contributed by atoms with Crippen molar-refractivity contribution in [2.75, 3.05) is 39.3 Å². The lowest BCUT2D eigenvalue weighted by molar-refractivity contribution is -0.123. The first-order valence-corrected chi connectivity index (χ1v) is 5.92. The number of nitrogens with zero attached hydrogens (tertiary/aromatic N) is 1. The van der Waals surface area contributed by atoms with Gasteiger partial charge in [0.2, 0.25) is 0 Å². The fourth-order valence-corrected chi connectivity index (χ4v) is 2.62. The van der Waals surface area contributed by atoms with Crippen LogP contribution in [0.5, 0.6) is 0 Å². The Morgan fingerprint density at radius 2 is 2.14 bits per heavy atom. The van der Waals surface area contributed by atoms with E-state index >= 15 is 0 Å². The summed E-state index contributed by atoms with van der Waals surface area (Å²) in [7, 11) is 0. The van der Waals surface area contributed by atoms with Crippen LogP contribution in [0.4, 0.5) is 0 Å². The van der Waals surface area contributed by atoms with Crippen LogP contribution in [0.3, 0.4) is 0 Å². The zero-order chi connectivity index (χ0) is 9.86. The Morgan fingerprint density at radius 3 is 2.86 bits per heavy atom. The Balaban J connectivity index is 1.91. The number of rotatable bonds is 2. The molecule has 0 aromatic rings. The average molecular weight is 198 g/mol. The summed E-state index contributed by atoms with van der Waals surface area (Å²) in [6, 6.07) is 0. The summed E-state index contributed by atoms with van der Waals surface area (Å²) in [4.78, 5) is 2.56. The van der Waals surface area contributed by atoms with Crippen LogP contribution in [0.1, 0.15) is 26.2 Å². The molecule has 0 saturated carbocycles. The van der Waals surface area contributed by atoms with Crippen LogP contribution in [-0.2, 0) is 4.74 Å². The molecule has 2 aliphatic rings. The minimum atomic E-state index is 0.193. The normalized spacial score (nSPS) is 28.1. The Hall–Kier alpha value is -0.120. The molecule has 2 rings (SSSR count). The second kappa shape index (κ2) is 4.60. The molecule has 1 N–H and O–H groups in total. The van der Waals surface area contributed by atoms with Gasteiger partial charge in [-0.3, -0.25) is 4.90 Å². The molecule has 3 heteroatoms. The topological polar surface area (TPSA) is 24.5 Å². The third-order valence-corrected chi connectivity index (χ3v) is 3.38. The van der Waals surface area contributed by atoms with Crippen molar-refractivity contribution in [2.45, 2.75) is 31.8 Å². The molecule has 2 saturated heterocycles. The zero-order valence-electron chi connectivity index (χ0n) is 9.22. The van der Waals surface area contributed by atoms with E-state index < -0.39 is 0 Å². The zero-order valence-corrected chi connectivity index (χ0v) is 9.22. The minimum absolute atomic E-state index is 0.193. The third-order valence-electron chi connectivity index (χ3n) is 3.38. The van der Waals surface area contributed by atoms with Gasteiger partial charge in [0.25, 0.3) is 0 Å². The standard InChI is InChI=1S/C11H22N2O/c1-2-7-13-8-9-14-11(10-13)3-5-12-6-4-11/h12H,2-10H2,1H3. The summed E-state index contributed by atoms with van der Waals surface area (Å²) < 4.78 is 6.00. The lowest BCUT2D eigenvalue weighted by atomic mass is 9.90. The van der Waals surface area contributed by atoms with Gasteiger partial charge in [-0.25, -0.2) is 0 Å². The molecule has 82 valence electrons. The highest BCUT2D eigenvalue weighted by molar-refractivity contribution is 4.91. The Kier molecular flexibility index (Phi) is 3.42. The van der Waals surface area contributed by atoms with E-state index in [0.717, 1.165) is 32.8 Å². The first-order valence-electron chi connectivity index (χ1n) is 5.92. The fraction of sp³-hybridized carbons (Fsp3) is 1.00. The van der Waals surface area contributed by atoms with Gasteiger partial charge in [-0.2, -0.15) is 0 Å². The maximum atomic E-state index is 6.00. The Morgan fingerprint density at radius 1 is 1.36 bits per heavy atom. The monoisotopic (exact) mass is 198 g/mol. The second-order valence-corrected chi connectivity index (χ2v) is 4.56. The molecule has 0 aromatic carbocycles. The van der Waals surface area contributed by atoms with E-state index in [1.807, 2.05) is 0 Å². The highest BCUT2D eigenvalue weighted by Crippen LogP contribution is 2.27. The summed E-state index contributed by atoms with van der Waals surface area (Å²) in [6.07, 6.45) is 3.63. The maximum absolute atomic E-state index is 6.00. The van der Waals surface area contributed by atoms with Gasteiger partial charge >= 0.3 is 0 Å². The second-order valence-electron chi connectivity index (χ2n) is 4.56. The van der Waals surface area contributed by atoms with E-state index in [0.29, 0.717) is 0 Å². The molecular formula is C11H22N2O. The first kappa shape index (κ1) is 10.4. The largest absolute Gasteiger partial charge is 0.372 e. The van der Waals surface area contributed by atoms with Crippen molar-refractivity contribution in [1.82, 2.24) is 10.2 Å². The first-order chi connectivity index (χ1) is 6.85. The molecule has 2 fully saturated rings. The molecule has 0 atom stereocenters. The summed E-state index contributed by atoms with van der Waals surface area (Å²) in [6.45, 7) is 8.95. The lowest BCUT2D eigenvalue weighted by Gasteiger charge is -2.45. The van der Waals surface area contributed by atoms with E-state index in [1.54, 1.807) is 0 Å². The molecule has 0 radical (unpaired) electrons. The highest BCUT2D eigenvalue weighted by atomic mass is 16.5. The summed E-state index contributed by atoms with van der Waals surface area (Å²) in [5, 5.41) is 3.40. The van der Waals surface area contributed by atoms with Crippen molar-refractivity contribution in [3.63, 3.8) is 0 Å². The molecule has 0 aromatic heterocycles. The predicted octanol–water partition coefficient (Wildman–Crippen LogP) is 0.851. The summed E-state index contributed by atoms with van der Waals surface area (Å²) in [5.74, 6) is 0. The number of nitrogens with one attached hydrogen (secondary N) is 1. The van der Waals surface area contributed by atoms with E-state index in [4.69, 9.17) is 4.74 Å². The molecule has 0 bridgehead atoms. The van der Waals surface area contributed by atoms with Gasteiger partial charge < -0.3 is 10.1 Å². The number of morpholine rings is 1. The highest BCUT2D eigenvalue weighted by Gasteiger charge is 2.37. The van der Waals surface area contributed by atoms with Gasteiger partial charge in [0.1, 0.15) is 0 Å². The van der Waals surface area contributed by atoms with Gasteiger partial charge in [-0.1, -0.05) is 6.92 Å². The Labute approximate surface area is 86.8 Å². The van der Waals surface area contributed by atoms with Crippen molar-refractivity contribution >= 4 is 0 Å². The average Bonchev–Trinajstić information content (AvgIpc) is 2.19. The molecule has 0 amide bonds. The third kappa shape index (κ3) is 2.27.